The SMILES string of the molecule is CCCCCCCCCCCCCCCCSc1ccccc1C(=O)O. The average molecular weight is 379 g/mol. The van der Waals surface area contributed by atoms with Crippen LogP contribution in [-0.2, 0) is 0 Å². The van der Waals surface area contributed by atoms with E-state index in [9.17, 15) is 9.90 Å². The highest BCUT2D eigenvalue weighted by molar-refractivity contribution is 7.99. The van der Waals surface area contributed by atoms with Gasteiger partial charge < -0.3 is 5.11 Å². The van der Waals surface area contributed by atoms with Crippen LogP contribution < -0.4 is 0 Å². The van der Waals surface area contributed by atoms with Crippen LogP contribution in [0, 0.1) is 0 Å². The molecule has 0 radical (unpaired) electrons. The summed E-state index contributed by atoms with van der Waals surface area (Å²) in [7, 11) is 0. The molecule has 0 bridgehead atoms. The van der Waals surface area contributed by atoms with Gasteiger partial charge in [0.1, 0.15) is 0 Å². The summed E-state index contributed by atoms with van der Waals surface area (Å²) in [4.78, 5) is 12.1. The van der Waals surface area contributed by atoms with Crippen molar-refractivity contribution >= 4 is 17.7 Å². The molecule has 0 aromatic heterocycles. The molecule has 2 nitrogen and oxygen atoms in total. The number of unbranched alkanes of at least 4 members (excludes halogenated alkanes) is 13. The summed E-state index contributed by atoms with van der Waals surface area (Å²) >= 11 is 1.68. The molecule has 1 rings (SSSR count). The largest absolute Gasteiger partial charge is 0.478 e. The number of benzene rings is 1. The smallest absolute Gasteiger partial charge is 0.336 e. The molecule has 0 fully saturated rings. The Kier molecular flexibility index (Phi) is 14.4. The molecule has 1 aromatic rings. The third kappa shape index (κ3) is 11.6. The van der Waals surface area contributed by atoms with Crippen LogP contribution >= 0.6 is 11.8 Å². The van der Waals surface area contributed by atoms with Crippen molar-refractivity contribution in [3.05, 3.63) is 29.8 Å². The predicted octanol–water partition coefficient (Wildman–Crippen LogP) is 7.96. The minimum atomic E-state index is -0.825. The first-order valence-electron chi connectivity index (χ1n) is 10.7. The minimum Gasteiger partial charge on any atom is -0.478 e. The number of carbonyl (C=O) groups is 1. The molecule has 0 saturated carbocycles. The van der Waals surface area contributed by atoms with Crippen molar-refractivity contribution in [2.75, 3.05) is 5.75 Å². The number of rotatable bonds is 17. The van der Waals surface area contributed by atoms with Crippen LogP contribution in [0.2, 0.25) is 0 Å². The molecule has 0 atom stereocenters. The van der Waals surface area contributed by atoms with Gasteiger partial charge in [-0.15, -0.1) is 11.8 Å². The Hall–Kier alpha value is -0.960. The molecule has 1 N–H and O–H groups in total. The maximum atomic E-state index is 11.2. The quantitative estimate of drug-likeness (QED) is 0.221. The summed E-state index contributed by atoms with van der Waals surface area (Å²) in [5.74, 6) is 0.191. The standard InChI is InChI=1S/C23H38O2S/c1-2-3-4-5-6-7-8-9-10-11-12-13-14-17-20-26-22-19-16-15-18-21(22)23(24)25/h15-16,18-19H,2-14,17,20H2,1H3,(H,24,25). The van der Waals surface area contributed by atoms with E-state index in [1.54, 1.807) is 23.9 Å². The Bertz CT molecular complexity index is 473. The first-order chi connectivity index (χ1) is 12.8. The molecule has 26 heavy (non-hydrogen) atoms. The maximum absolute atomic E-state index is 11.2. The number of carboxylic acid groups (broad SMARTS) is 1. The van der Waals surface area contributed by atoms with Gasteiger partial charge in [0.25, 0.3) is 0 Å². The normalized spacial score (nSPS) is 11.0. The third-order valence-corrected chi connectivity index (χ3v) is 6.03. The second-order valence-corrected chi connectivity index (χ2v) is 8.38. The fourth-order valence-electron chi connectivity index (χ4n) is 3.25. The summed E-state index contributed by atoms with van der Waals surface area (Å²) in [5.41, 5.74) is 0.433. The molecule has 3 heteroatoms. The fraction of sp³-hybridized carbons (Fsp3) is 0.696. The van der Waals surface area contributed by atoms with Gasteiger partial charge in [-0.2, -0.15) is 0 Å². The molecule has 0 saturated heterocycles. The van der Waals surface area contributed by atoms with E-state index in [0.29, 0.717) is 5.56 Å². The molecule has 0 unspecified atom stereocenters. The van der Waals surface area contributed by atoms with Crippen LogP contribution in [0.4, 0.5) is 0 Å². The molecular weight excluding hydrogens is 340 g/mol. The van der Waals surface area contributed by atoms with Gasteiger partial charge in [-0.05, 0) is 24.3 Å². The summed E-state index contributed by atoms with van der Waals surface area (Å²) in [5, 5.41) is 9.18. The highest BCUT2D eigenvalue weighted by atomic mass is 32.2. The van der Waals surface area contributed by atoms with Crippen molar-refractivity contribution in [3.8, 4) is 0 Å². The number of aromatic carboxylic acids is 1. The van der Waals surface area contributed by atoms with Crippen molar-refractivity contribution in [1.82, 2.24) is 0 Å². The van der Waals surface area contributed by atoms with Crippen molar-refractivity contribution in [3.63, 3.8) is 0 Å². The lowest BCUT2D eigenvalue weighted by Crippen LogP contribution is -1.98. The molecule has 0 heterocycles. The van der Waals surface area contributed by atoms with E-state index in [4.69, 9.17) is 0 Å². The number of hydrogen-bond acceptors (Lipinski definition) is 2. The van der Waals surface area contributed by atoms with E-state index in [-0.39, 0.29) is 0 Å². The Morgan fingerprint density at radius 2 is 1.23 bits per heavy atom. The first kappa shape index (κ1) is 23.1. The Balaban J connectivity index is 1.88. The van der Waals surface area contributed by atoms with E-state index in [1.165, 1.54) is 89.9 Å². The van der Waals surface area contributed by atoms with Crippen LogP contribution in [-0.4, -0.2) is 16.8 Å². The Morgan fingerprint density at radius 1 is 0.769 bits per heavy atom. The lowest BCUT2D eigenvalue weighted by Gasteiger charge is -2.06. The van der Waals surface area contributed by atoms with Gasteiger partial charge in [0.15, 0.2) is 0 Å². The second-order valence-electron chi connectivity index (χ2n) is 7.25. The Labute approximate surface area is 165 Å². The van der Waals surface area contributed by atoms with Crippen molar-refractivity contribution in [1.29, 1.82) is 0 Å². The molecule has 0 spiro atoms. The van der Waals surface area contributed by atoms with E-state index in [2.05, 4.69) is 6.92 Å². The third-order valence-electron chi connectivity index (χ3n) is 4.87. The minimum absolute atomic E-state index is 0.433. The van der Waals surface area contributed by atoms with Crippen LogP contribution in [0.1, 0.15) is 107 Å². The molecule has 0 aliphatic rings. The van der Waals surface area contributed by atoms with E-state index in [1.807, 2.05) is 12.1 Å². The van der Waals surface area contributed by atoms with Gasteiger partial charge >= 0.3 is 5.97 Å². The number of thioether (sulfide) groups is 1. The van der Waals surface area contributed by atoms with E-state index >= 15 is 0 Å². The maximum Gasteiger partial charge on any atom is 0.336 e. The Morgan fingerprint density at radius 3 is 1.73 bits per heavy atom. The molecule has 0 aliphatic heterocycles. The molecular formula is C23H38O2S. The van der Waals surface area contributed by atoms with Crippen LogP contribution in [0.25, 0.3) is 0 Å². The van der Waals surface area contributed by atoms with E-state index < -0.39 is 5.97 Å². The van der Waals surface area contributed by atoms with Crippen molar-refractivity contribution < 1.29 is 9.90 Å². The fourth-order valence-corrected chi connectivity index (χ4v) is 4.30. The first-order valence-corrected chi connectivity index (χ1v) is 11.7. The van der Waals surface area contributed by atoms with Crippen LogP contribution in [0.3, 0.4) is 0 Å². The second kappa shape index (κ2) is 16.2. The summed E-state index contributed by atoms with van der Waals surface area (Å²) < 4.78 is 0. The zero-order valence-corrected chi connectivity index (χ0v) is 17.5. The van der Waals surface area contributed by atoms with Gasteiger partial charge in [0.2, 0.25) is 0 Å². The predicted molar refractivity (Wildman–Crippen MR) is 114 cm³/mol. The van der Waals surface area contributed by atoms with Gasteiger partial charge in [0.05, 0.1) is 5.56 Å². The van der Waals surface area contributed by atoms with Crippen LogP contribution in [0.15, 0.2) is 29.2 Å². The lowest BCUT2D eigenvalue weighted by molar-refractivity contribution is 0.0693. The van der Waals surface area contributed by atoms with Crippen LogP contribution in [0.5, 0.6) is 0 Å². The topological polar surface area (TPSA) is 37.3 Å². The lowest BCUT2D eigenvalue weighted by atomic mass is 10.0. The molecule has 148 valence electrons. The van der Waals surface area contributed by atoms with Gasteiger partial charge in [-0.1, -0.05) is 103 Å². The monoisotopic (exact) mass is 378 g/mol. The van der Waals surface area contributed by atoms with Crippen molar-refractivity contribution in [2.45, 2.75) is 102 Å². The molecule has 0 aliphatic carbocycles. The highest BCUT2D eigenvalue weighted by Crippen LogP contribution is 2.24. The van der Waals surface area contributed by atoms with Gasteiger partial charge in [-0.25, -0.2) is 4.79 Å². The highest BCUT2D eigenvalue weighted by Gasteiger charge is 2.08. The zero-order chi connectivity index (χ0) is 18.9. The average Bonchev–Trinajstić information content (AvgIpc) is 2.65. The van der Waals surface area contributed by atoms with Gasteiger partial charge in [-0.3, -0.25) is 0 Å². The number of carboxylic acids is 1. The summed E-state index contributed by atoms with van der Waals surface area (Å²) in [6.07, 6.45) is 19.2. The molecule has 1 aromatic carbocycles. The van der Waals surface area contributed by atoms with Gasteiger partial charge in [0, 0.05) is 4.90 Å². The molecule has 0 amide bonds. The van der Waals surface area contributed by atoms with Crippen molar-refractivity contribution in [2.24, 2.45) is 0 Å². The van der Waals surface area contributed by atoms with E-state index in [0.717, 1.165) is 10.6 Å². The zero-order valence-electron chi connectivity index (χ0n) is 16.7. The number of hydrogen-bond donors (Lipinski definition) is 1. The summed E-state index contributed by atoms with van der Waals surface area (Å²) in [6.45, 7) is 2.28. The summed E-state index contributed by atoms with van der Waals surface area (Å²) in [6, 6.07) is 7.31.